The van der Waals surface area contributed by atoms with Gasteiger partial charge in [-0.3, -0.25) is 4.98 Å². The molecule has 1 unspecified atom stereocenters. The molecule has 1 aromatic carbocycles. The fourth-order valence-electron chi connectivity index (χ4n) is 3.02. The number of nitrogen functional groups attached to an aromatic ring is 1. The Morgan fingerprint density at radius 1 is 1.22 bits per heavy atom. The molecule has 0 amide bonds. The molecule has 4 rings (SSSR count). The molecule has 3 heterocycles. The maximum Gasteiger partial charge on any atom is 0.159 e. The lowest BCUT2D eigenvalue weighted by atomic mass is 10.1. The molecule has 6 heteroatoms. The van der Waals surface area contributed by atoms with Crippen LogP contribution in [-0.4, -0.2) is 32.8 Å². The highest BCUT2D eigenvalue weighted by Crippen LogP contribution is 2.33. The third-order valence-corrected chi connectivity index (χ3v) is 4.14. The molecule has 0 saturated carbocycles. The highest BCUT2D eigenvalue weighted by atomic mass is 16.3. The summed E-state index contributed by atoms with van der Waals surface area (Å²) >= 11 is 0. The summed E-state index contributed by atoms with van der Waals surface area (Å²) < 4.78 is 0. The number of aliphatic hydroxyl groups excluding tert-OH is 1. The molecular formula is C17H17N5O. The van der Waals surface area contributed by atoms with Crippen LogP contribution < -0.4 is 10.6 Å². The van der Waals surface area contributed by atoms with Gasteiger partial charge in [-0.1, -0.05) is 12.1 Å². The van der Waals surface area contributed by atoms with Crippen molar-refractivity contribution in [3.8, 4) is 11.3 Å². The lowest BCUT2D eigenvalue weighted by molar-refractivity contribution is 0.185. The van der Waals surface area contributed by atoms with Crippen molar-refractivity contribution in [2.24, 2.45) is 0 Å². The fraction of sp³-hybridized carbons (Fsp3) is 0.235. The molecular weight excluding hydrogens is 290 g/mol. The standard InChI is InChI=1S/C17H17N5O/c18-14-10-20-16(17(21-14)22-8-2-4-15(22)23)12-5-6-13-11(9-12)3-1-7-19-13/h1,3,5-7,9-10,15,23H,2,4,8H2,(H2,18,21). The van der Waals surface area contributed by atoms with E-state index in [9.17, 15) is 5.11 Å². The zero-order valence-corrected chi connectivity index (χ0v) is 12.6. The molecule has 0 spiro atoms. The summed E-state index contributed by atoms with van der Waals surface area (Å²) in [4.78, 5) is 15.1. The van der Waals surface area contributed by atoms with Gasteiger partial charge in [-0.15, -0.1) is 0 Å². The molecule has 1 atom stereocenters. The fourth-order valence-corrected chi connectivity index (χ4v) is 3.02. The first kappa shape index (κ1) is 13.9. The van der Waals surface area contributed by atoms with Crippen LogP contribution in [0.4, 0.5) is 11.6 Å². The SMILES string of the molecule is Nc1cnc(-c2ccc3ncccc3c2)c(N2CCCC2O)n1. The Labute approximate surface area is 133 Å². The van der Waals surface area contributed by atoms with Crippen molar-refractivity contribution in [2.75, 3.05) is 17.2 Å². The topological polar surface area (TPSA) is 88.2 Å². The van der Waals surface area contributed by atoms with E-state index < -0.39 is 6.23 Å². The van der Waals surface area contributed by atoms with Gasteiger partial charge in [0.2, 0.25) is 0 Å². The predicted molar refractivity (Wildman–Crippen MR) is 89.8 cm³/mol. The Hall–Kier alpha value is -2.73. The van der Waals surface area contributed by atoms with Crippen LogP contribution in [-0.2, 0) is 0 Å². The summed E-state index contributed by atoms with van der Waals surface area (Å²) in [5, 5.41) is 11.2. The number of pyridine rings is 1. The van der Waals surface area contributed by atoms with E-state index >= 15 is 0 Å². The summed E-state index contributed by atoms with van der Waals surface area (Å²) in [7, 11) is 0. The molecule has 0 radical (unpaired) electrons. The number of hydrogen-bond acceptors (Lipinski definition) is 6. The zero-order chi connectivity index (χ0) is 15.8. The molecule has 1 aliphatic rings. The van der Waals surface area contributed by atoms with E-state index in [1.54, 1.807) is 12.4 Å². The van der Waals surface area contributed by atoms with Gasteiger partial charge >= 0.3 is 0 Å². The minimum atomic E-state index is -0.535. The third-order valence-electron chi connectivity index (χ3n) is 4.14. The smallest absolute Gasteiger partial charge is 0.159 e. The minimum Gasteiger partial charge on any atom is -0.382 e. The average Bonchev–Trinajstić information content (AvgIpc) is 3.00. The Kier molecular flexibility index (Phi) is 3.31. The predicted octanol–water partition coefficient (Wildman–Crippen LogP) is 2.19. The highest BCUT2D eigenvalue weighted by molar-refractivity contribution is 5.86. The van der Waals surface area contributed by atoms with Gasteiger partial charge < -0.3 is 15.7 Å². The molecule has 1 saturated heterocycles. The molecule has 2 aromatic heterocycles. The first-order valence-electron chi connectivity index (χ1n) is 7.65. The summed E-state index contributed by atoms with van der Waals surface area (Å²) in [6, 6.07) is 9.90. The van der Waals surface area contributed by atoms with Gasteiger partial charge in [0.05, 0.1) is 11.7 Å². The van der Waals surface area contributed by atoms with Gasteiger partial charge in [0, 0.05) is 23.7 Å². The maximum absolute atomic E-state index is 10.2. The van der Waals surface area contributed by atoms with E-state index in [0.29, 0.717) is 11.6 Å². The number of rotatable bonds is 2. The quantitative estimate of drug-likeness (QED) is 0.754. The van der Waals surface area contributed by atoms with E-state index in [2.05, 4.69) is 15.0 Å². The summed E-state index contributed by atoms with van der Waals surface area (Å²) in [6.45, 7) is 0.751. The van der Waals surface area contributed by atoms with Crippen LogP contribution in [0, 0.1) is 0 Å². The molecule has 0 aliphatic carbocycles. The van der Waals surface area contributed by atoms with Gasteiger partial charge in [0.1, 0.15) is 17.7 Å². The first-order chi connectivity index (χ1) is 11.2. The van der Waals surface area contributed by atoms with Gasteiger partial charge in [-0.25, -0.2) is 9.97 Å². The summed E-state index contributed by atoms with van der Waals surface area (Å²) in [5.74, 6) is 0.989. The molecule has 23 heavy (non-hydrogen) atoms. The van der Waals surface area contributed by atoms with Crippen LogP contribution in [0.3, 0.4) is 0 Å². The van der Waals surface area contributed by atoms with Crippen molar-refractivity contribution in [2.45, 2.75) is 19.1 Å². The van der Waals surface area contributed by atoms with Crippen LogP contribution in [0.25, 0.3) is 22.2 Å². The molecule has 3 N–H and O–H groups in total. The molecule has 1 fully saturated rings. The average molecular weight is 307 g/mol. The Morgan fingerprint density at radius 2 is 2.13 bits per heavy atom. The van der Waals surface area contributed by atoms with E-state index in [1.807, 2.05) is 35.2 Å². The number of nitrogens with two attached hydrogens (primary N) is 1. The van der Waals surface area contributed by atoms with Crippen LogP contribution in [0.15, 0.2) is 42.7 Å². The van der Waals surface area contributed by atoms with Crippen molar-refractivity contribution in [3.63, 3.8) is 0 Å². The number of hydrogen-bond donors (Lipinski definition) is 2. The monoisotopic (exact) mass is 307 g/mol. The minimum absolute atomic E-state index is 0.352. The number of anilines is 2. The summed E-state index contributed by atoms with van der Waals surface area (Å²) in [5.41, 5.74) is 8.41. The third kappa shape index (κ3) is 2.47. The van der Waals surface area contributed by atoms with E-state index in [1.165, 1.54) is 0 Å². The highest BCUT2D eigenvalue weighted by Gasteiger charge is 2.26. The van der Waals surface area contributed by atoms with E-state index in [4.69, 9.17) is 5.73 Å². The molecule has 116 valence electrons. The van der Waals surface area contributed by atoms with Crippen LogP contribution in [0.1, 0.15) is 12.8 Å². The lowest BCUT2D eigenvalue weighted by Crippen LogP contribution is -2.30. The number of benzene rings is 1. The maximum atomic E-state index is 10.2. The molecule has 0 bridgehead atoms. The molecule has 6 nitrogen and oxygen atoms in total. The first-order valence-corrected chi connectivity index (χ1v) is 7.65. The largest absolute Gasteiger partial charge is 0.382 e. The number of fused-ring (bicyclic) bond motifs is 1. The van der Waals surface area contributed by atoms with Crippen LogP contribution >= 0.6 is 0 Å². The molecule has 3 aromatic rings. The van der Waals surface area contributed by atoms with Crippen LogP contribution in [0.2, 0.25) is 0 Å². The second-order valence-corrected chi connectivity index (χ2v) is 5.69. The Bertz CT molecular complexity index is 866. The van der Waals surface area contributed by atoms with E-state index in [-0.39, 0.29) is 0 Å². The van der Waals surface area contributed by atoms with Crippen molar-refractivity contribution in [1.29, 1.82) is 0 Å². The van der Waals surface area contributed by atoms with Gasteiger partial charge in [0.15, 0.2) is 5.82 Å². The molecule has 1 aliphatic heterocycles. The van der Waals surface area contributed by atoms with Crippen molar-refractivity contribution in [3.05, 3.63) is 42.7 Å². The number of aliphatic hydroxyl groups is 1. The second-order valence-electron chi connectivity index (χ2n) is 5.69. The van der Waals surface area contributed by atoms with Crippen molar-refractivity contribution >= 4 is 22.5 Å². The second kappa shape index (κ2) is 5.48. The Balaban J connectivity index is 1.86. The number of nitrogens with zero attached hydrogens (tertiary/aromatic N) is 4. The number of aromatic nitrogens is 3. The Morgan fingerprint density at radius 3 is 2.96 bits per heavy atom. The van der Waals surface area contributed by atoms with Gasteiger partial charge in [0.25, 0.3) is 0 Å². The van der Waals surface area contributed by atoms with Crippen LogP contribution in [0.5, 0.6) is 0 Å². The van der Waals surface area contributed by atoms with Gasteiger partial charge in [-0.05, 0) is 31.0 Å². The van der Waals surface area contributed by atoms with Crippen molar-refractivity contribution in [1.82, 2.24) is 15.0 Å². The normalized spacial score (nSPS) is 17.8. The van der Waals surface area contributed by atoms with E-state index in [0.717, 1.165) is 41.5 Å². The van der Waals surface area contributed by atoms with Crippen molar-refractivity contribution < 1.29 is 5.11 Å². The van der Waals surface area contributed by atoms with Gasteiger partial charge in [-0.2, -0.15) is 0 Å². The lowest BCUT2D eigenvalue weighted by Gasteiger charge is -2.23. The summed E-state index contributed by atoms with van der Waals surface area (Å²) in [6.07, 6.45) is 4.45. The zero-order valence-electron chi connectivity index (χ0n) is 12.6.